The maximum atomic E-state index is 8.74. The number of rotatable bonds is 0. The Morgan fingerprint density at radius 1 is 0.364 bits per heavy atom. The van der Waals surface area contributed by atoms with Crippen molar-refractivity contribution in [3.8, 4) is 0 Å². The minimum Gasteiger partial charge on any atom is -0.264 e. The van der Waals surface area contributed by atoms with Crippen LogP contribution >= 0.6 is 0 Å². The molecule has 0 heterocycles. The zero-order valence-corrected chi connectivity index (χ0v) is 13.2. The van der Waals surface area contributed by atoms with E-state index in [1.807, 2.05) is 0 Å². The van der Waals surface area contributed by atoms with Crippen LogP contribution in [0.2, 0.25) is 0 Å². The molecule has 0 aliphatic carbocycles. The van der Waals surface area contributed by atoms with E-state index in [0.717, 1.165) is 0 Å². The van der Waals surface area contributed by atoms with Crippen LogP contribution in [0.1, 0.15) is 0 Å². The first-order valence-corrected chi connectivity index (χ1v) is 8.88. The summed E-state index contributed by atoms with van der Waals surface area (Å²) >= 11 is 0. The van der Waals surface area contributed by atoms with Gasteiger partial charge >= 0.3 is 41.6 Å². The van der Waals surface area contributed by atoms with E-state index in [0.29, 0.717) is 0 Å². The summed E-state index contributed by atoms with van der Waals surface area (Å²) in [6.07, 6.45) is 0. The van der Waals surface area contributed by atoms with Crippen molar-refractivity contribution < 1.29 is 70.1 Å². The summed E-state index contributed by atoms with van der Waals surface area (Å²) in [5.41, 5.74) is 0. The lowest BCUT2D eigenvalue weighted by molar-refractivity contribution is 0.378. The van der Waals surface area contributed by atoms with Gasteiger partial charge in [-0.3, -0.25) is 36.4 Å². The van der Waals surface area contributed by atoms with Crippen LogP contribution in [0.25, 0.3) is 0 Å². The van der Waals surface area contributed by atoms with E-state index in [1.165, 1.54) is 0 Å². The van der Waals surface area contributed by atoms with Gasteiger partial charge in [0.1, 0.15) is 0 Å². The van der Waals surface area contributed by atoms with Crippen LogP contribution in [-0.4, -0.2) is 70.1 Å². The molecule has 0 aromatic rings. The van der Waals surface area contributed by atoms with E-state index < -0.39 is 41.6 Å². The fourth-order valence-corrected chi connectivity index (χ4v) is 0. The molecule has 0 fully saturated rings. The SMILES string of the molecule is C=C.O=S(=O)(O)O.O=S(=O)(O)O.O=S(=O)(O)O.O=S(=O)(O)O. The Balaban J connectivity index is -0.0000000562. The van der Waals surface area contributed by atoms with Gasteiger partial charge in [-0.2, -0.15) is 33.7 Å². The minimum absolute atomic E-state index is 3.00. The Morgan fingerprint density at radius 2 is 0.364 bits per heavy atom. The van der Waals surface area contributed by atoms with Crippen molar-refractivity contribution in [3.05, 3.63) is 13.2 Å². The van der Waals surface area contributed by atoms with Gasteiger partial charge in [-0.05, 0) is 0 Å². The monoisotopic (exact) mass is 420 g/mol. The lowest BCUT2D eigenvalue weighted by atomic mass is 11.3. The van der Waals surface area contributed by atoms with Gasteiger partial charge in [-0.15, -0.1) is 13.2 Å². The average molecular weight is 420 g/mol. The molecule has 0 rings (SSSR count). The van der Waals surface area contributed by atoms with Gasteiger partial charge in [0.25, 0.3) is 0 Å². The summed E-state index contributed by atoms with van der Waals surface area (Å²) in [5, 5.41) is 0. The van der Waals surface area contributed by atoms with Crippen LogP contribution in [0, 0.1) is 0 Å². The van der Waals surface area contributed by atoms with Gasteiger partial charge in [0.2, 0.25) is 0 Å². The molecule has 8 N–H and O–H groups in total. The second-order valence-corrected chi connectivity index (χ2v) is 5.37. The highest BCUT2D eigenvalue weighted by Crippen LogP contribution is 1.60. The fraction of sp³-hybridized carbons (Fsp3) is 0. The normalized spacial score (nSPS) is 10.7. The first-order valence-electron chi connectivity index (χ1n) is 3.29. The molecule has 0 spiro atoms. The van der Waals surface area contributed by atoms with Gasteiger partial charge in [0.15, 0.2) is 0 Å². The summed E-state index contributed by atoms with van der Waals surface area (Å²) in [4.78, 5) is 0. The molecule has 140 valence electrons. The van der Waals surface area contributed by atoms with Crippen LogP contribution in [-0.2, 0) is 41.6 Å². The Kier molecular flexibility index (Phi) is 20.8. The Hall–Kier alpha value is -0.780. The molecule has 0 atom stereocenters. The van der Waals surface area contributed by atoms with E-state index in [2.05, 4.69) is 13.2 Å². The van der Waals surface area contributed by atoms with E-state index in [-0.39, 0.29) is 0 Å². The summed E-state index contributed by atoms with van der Waals surface area (Å²) in [5.74, 6) is 0. The molecule has 0 bridgehead atoms. The highest BCUT2D eigenvalue weighted by Gasteiger charge is 1.86. The van der Waals surface area contributed by atoms with Crippen molar-refractivity contribution in [3.63, 3.8) is 0 Å². The Morgan fingerprint density at radius 3 is 0.364 bits per heavy atom. The number of hydrogen-bond acceptors (Lipinski definition) is 8. The maximum Gasteiger partial charge on any atom is 0.394 e. The van der Waals surface area contributed by atoms with Crippen molar-refractivity contribution in [2.24, 2.45) is 0 Å². The third kappa shape index (κ3) is 10500. The summed E-state index contributed by atoms with van der Waals surface area (Å²) in [6.45, 7) is 6.00. The lowest BCUT2D eigenvalue weighted by Crippen LogP contribution is -1.89. The van der Waals surface area contributed by atoms with Crippen LogP contribution in [0.3, 0.4) is 0 Å². The molecule has 22 heavy (non-hydrogen) atoms. The van der Waals surface area contributed by atoms with Crippen molar-refractivity contribution in [1.29, 1.82) is 0 Å². The smallest absolute Gasteiger partial charge is 0.264 e. The molecule has 0 saturated carbocycles. The molecule has 0 aliphatic rings. The third-order valence-electron chi connectivity index (χ3n) is 0. The highest BCUT2D eigenvalue weighted by atomic mass is 32.3. The van der Waals surface area contributed by atoms with Crippen molar-refractivity contribution in [2.45, 2.75) is 0 Å². The first-order chi connectivity index (χ1) is 9.00. The molecule has 0 aromatic heterocycles. The molecule has 16 nitrogen and oxygen atoms in total. The molecular formula is C2H12O16S4. The second-order valence-electron chi connectivity index (χ2n) is 1.79. The molecule has 0 amide bonds. The molecule has 0 aliphatic heterocycles. The van der Waals surface area contributed by atoms with E-state index in [4.69, 9.17) is 70.1 Å². The van der Waals surface area contributed by atoms with Crippen LogP contribution in [0.5, 0.6) is 0 Å². The van der Waals surface area contributed by atoms with Gasteiger partial charge in [-0.1, -0.05) is 0 Å². The largest absolute Gasteiger partial charge is 0.394 e. The van der Waals surface area contributed by atoms with Crippen molar-refractivity contribution in [2.75, 3.05) is 0 Å². The summed E-state index contributed by atoms with van der Waals surface area (Å²) in [7, 11) is -18.7. The first kappa shape index (κ1) is 33.0. The van der Waals surface area contributed by atoms with Gasteiger partial charge in [0, 0.05) is 0 Å². The zero-order valence-electron chi connectivity index (χ0n) is 9.89. The molecule has 0 unspecified atom stereocenters. The topological polar surface area (TPSA) is 298 Å². The van der Waals surface area contributed by atoms with Crippen LogP contribution in [0.4, 0.5) is 0 Å². The zero-order chi connectivity index (χ0) is 20.0. The highest BCUT2D eigenvalue weighted by molar-refractivity contribution is 7.80. The van der Waals surface area contributed by atoms with Gasteiger partial charge < -0.3 is 0 Å². The third-order valence-corrected chi connectivity index (χ3v) is 0. The van der Waals surface area contributed by atoms with Crippen LogP contribution in [0.15, 0.2) is 13.2 Å². The van der Waals surface area contributed by atoms with Crippen LogP contribution < -0.4 is 0 Å². The maximum absolute atomic E-state index is 8.74. The molecule has 0 saturated heterocycles. The van der Waals surface area contributed by atoms with Gasteiger partial charge in [0.05, 0.1) is 0 Å². The van der Waals surface area contributed by atoms with E-state index in [9.17, 15) is 0 Å². The molecule has 20 heteroatoms. The Labute approximate surface area is 125 Å². The number of hydrogen-bond donors (Lipinski definition) is 8. The van der Waals surface area contributed by atoms with Gasteiger partial charge in [-0.25, -0.2) is 0 Å². The fourth-order valence-electron chi connectivity index (χ4n) is 0. The molecule has 0 radical (unpaired) electrons. The summed E-state index contributed by atoms with van der Waals surface area (Å²) in [6, 6.07) is 0. The van der Waals surface area contributed by atoms with Crippen molar-refractivity contribution in [1.82, 2.24) is 0 Å². The summed E-state index contributed by atoms with van der Waals surface area (Å²) < 4.78 is 126. The predicted molar refractivity (Wildman–Crippen MR) is 68.0 cm³/mol. The molecule has 0 aromatic carbocycles. The average Bonchev–Trinajstić information content (AvgIpc) is 1.92. The predicted octanol–water partition coefficient (Wildman–Crippen LogP) is -1.81. The quantitative estimate of drug-likeness (QED) is 0.158. The Bertz CT molecular complexity index is 492. The van der Waals surface area contributed by atoms with E-state index >= 15 is 0 Å². The minimum atomic E-state index is -4.67. The van der Waals surface area contributed by atoms with E-state index in [1.54, 1.807) is 0 Å². The second kappa shape index (κ2) is 13.9. The standard InChI is InChI=1S/C2H4.4H2O4S/c1-2;4*1-5(2,3)4/h1-2H2;4*(H2,1,2,3,4). The molecular weight excluding hydrogens is 408 g/mol. The lowest BCUT2D eigenvalue weighted by Gasteiger charge is -1.68. The van der Waals surface area contributed by atoms with Crippen molar-refractivity contribution >= 4 is 41.6 Å².